The number of halogens is 1. The predicted octanol–water partition coefficient (Wildman–Crippen LogP) is 1.56. The third kappa shape index (κ3) is 3.16. The first-order valence-electron chi connectivity index (χ1n) is 6.79. The van der Waals surface area contributed by atoms with Gasteiger partial charge in [-0.15, -0.1) is 12.4 Å². The van der Waals surface area contributed by atoms with Crippen molar-refractivity contribution >= 4 is 18.3 Å². The van der Waals surface area contributed by atoms with E-state index in [-0.39, 0.29) is 42.4 Å². The molecule has 0 spiro atoms. The van der Waals surface area contributed by atoms with Gasteiger partial charge in [-0.25, -0.2) is 0 Å². The van der Waals surface area contributed by atoms with E-state index in [9.17, 15) is 4.79 Å². The fraction of sp³-hybridized carbons (Fsp3) is 0.923. The number of amides is 1. The summed E-state index contributed by atoms with van der Waals surface area (Å²) in [5.74, 6) is 0.313. The molecule has 18 heavy (non-hydrogen) atoms. The lowest BCUT2D eigenvalue weighted by Gasteiger charge is -2.44. The highest BCUT2D eigenvalue weighted by atomic mass is 35.5. The molecule has 1 amide bonds. The fourth-order valence-corrected chi connectivity index (χ4v) is 2.85. The molecule has 3 unspecified atom stereocenters. The van der Waals surface area contributed by atoms with Crippen LogP contribution in [0.2, 0.25) is 0 Å². The third-order valence-corrected chi connectivity index (χ3v) is 4.02. The first kappa shape index (κ1) is 15.7. The predicted molar refractivity (Wildman–Crippen MR) is 73.8 cm³/mol. The van der Waals surface area contributed by atoms with Gasteiger partial charge in [0.2, 0.25) is 5.91 Å². The highest BCUT2D eigenvalue weighted by Gasteiger charge is 2.38. The van der Waals surface area contributed by atoms with E-state index < -0.39 is 0 Å². The van der Waals surface area contributed by atoms with Crippen molar-refractivity contribution in [3.05, 3.63) is 0 Å². The summed E-state index contributed by atoms with van der Waals surface area (Å²) in [6, 6.07) is -0.0922. The second kappa shape index (κ2) is 6.73. The molecule has 0 radical (unpaired) electrons. The molecule has 0 bridgehead atoms. The molecule has 1 aliphatic carbocycles. The van der Waals surface area contributed by atoms with E-state index in [0.29, 0.717) is 13.2 Å². The number of ether oxygens (including phenoxy) is 1. The molecule has 2 N–H and O–H groups in total. The SMILES string of the molecule is CC(C)C(N)C(=O)N1CCOC2CCCCC21.Cl. The van der Waals surface area contributed by atoms with Crippen LogP contribution in [0, 0.1) is 5.92 Å². The average Bonchev–Trinajstić information content (AvgIpc) is 2.36. The molecule has 0 aromatic heterocycles. The Kier molecular flexibility index (Phi) is 5.89. The summed E-state index contributed by atoms with van der Waals surface area (Å²) >= 11 is 0. The van der Waals surface area contributed by atoms with Gasteiger partial charge in [0, 0.05) is 6.54 Å². The van der Waals surface area contributed by atoms with E-state index in [4.69, 9.17) is 10.5 Å². The van der Waals surface area contributed by atoms with Gasteiger partial charge in [0.05, 0.1) is 24.8 Å². The number of carbonyl (C=O) groups excluding carboxylic acids is 1. The largest absolute Gasteiger partial charge is 0.374 e. The second-order valence-corrected chi connectivity index (χ2v) is 5.56. The van der Waals surface area contributed by atoms with Gasteiger partial charge in [0.25, 0.3) is 0 Å². The Hall–Kier alpha value is -0.320. The second-order valence-electron chi connectivity index (χ2n) is 5.56. The van der Waals surface area contributed by atoms with E-state index in [0.717, 1.165) is 12.8 Å². The van der Waals surface area contributed by atoms with Gasteiger partial charge in [-0.1, -0.05) is 26.7 Å². The van der Waals surface area contributed by atoms with Crippen LogP contribution >= 0.6 is 12.4 Å². The zero-order valence-electron chi connectivity index (χ0n) is 11.3. The van der Waals surface area contributed by atoms with Crippen LogP contribution in [0.1, 0.15) is 39.5 Å². The number of carbonyl (C=O) groups is 1. The van der Waals surface area contributed by atoms with Crippen LogP contribution in [-0.2, 0) is 9.53 Å². The molecule has 0 aromatic carbocycles. The Morgan fingerprint density at radius 3 is 2.67 bits per heavy atom. The molecule has 2 aliphatic rings. The van der Waals surface area contributed by atoms with E-state index in [1.54, 1.807) is 0 Å². The summed E-state index contributed by atoms with van der Waals surface area (Å²) in [7, 11) is 0. The molecular weight excluding hydrogens is 252 g/mol. The molecule has 0 aromatic rings. The normalized spacial score (nSPS) is 29.4. The molecule has 2 rings (SSSR count). The lowest BCUT2D eigenvalue weighted by Crippen LogP contribution is -2.59. The zero-order valence-corrected chi connectivity index (χ0v) is 12.1. The van der Waals surface area contributed by atoms with Crippen molar-refractivity contribution in [2.75, 3.05) is 13.2 Å². The number of nitrogens with two attached hydrogens (primary N) is 1. The van der Waals surface area contributed by atoms with Gasteiger partial charge in [-0.3, -0.25) is 4.79 Å². The first-order valence-corrected chi connectivity index (χ1v) is 6.79. The van der Waals surface area contributed by atoms with Crippen molar-refractivity contribution in [2.45, 2.75) is 57.7 Å². The average molecular weight is 277 g/mol. The Labute approximate surface area is 116 Å². The van der Waals surface area contributed by atoms with E-state index in [1.807, 2.05) is 18.7 Å². The molecule has 4 nitrogen and oxygen atoms in total. The van der Waals surface area contributed by atoms with Gasteiger partial charge < -0.3 is 15.4 Å². The molecule has 5 heteroatoms. The molecular formula is C13H25ClN2O2. The van der Waals surface area contributed by atoms with Crippen LogP contribution in [-0.4, -0.2) is 42.1 Å². The minimum absolute atomic E-state index is 0. The number of hydrogen-bond acceptors (Lipinski definition) is 3. The number of morpholine rings is 1. The van der Waals surface area contributed by atoms with Crippen LogP contribution < -0.4 is 5.73 Å². The van der Waals surface area contributed by atoms with E-state index >= 15 is 0 Å². The molecule has 106 valence electrons. The van der Waals surface area contributed by atoms with Gasteiger partial charge in [0.1, 0.15) is 0 Å². The van der Waals surface area contributed by atoms with Crippen molar-refractivity contribution in [3.63, 3.8) is 0 Å². The van der Waals surface area contributed by atoms with Crippen LogP contribution in [0.15, 0.2) is 0 Å². The topological polar surface area (TPSA) is 55.6 Å². The molecule has 1 saturated carbocycles. The summed E-state index contributed by atoms with van der Waals surface area (Å²) in [5, 5.41) is 0. The van der Waals surface area contributed by atoms with Crippen molar-refractivity contribution in [3.8, 4) is 0 Å². The van der Waals surface area contributed by atoms with Crippen LogP contribution in [0.3, 0.4) is 0 Å². The lowest BCUT2D eigenvalue weighted by atomic mass is 9.89. The Balaban J connectivity index is 0.00000162. The maximum absolute atomic E-state index is 12.3. The standard InChI is InChI=1S/C13H24N2O2.ClH/c1-9(2)12(14)13(16)15-7-8-17-11-6-4-3-5-10(11)15;/h9-12H,3-8,14H2,1-2H3;1H. The van der Waals surface area contributed by atoms with Crippen molar-refractivity contribution in [2.24, 2.45) is 11.7 Å². The fourth-order valence-electron chi connectivity index (χ4n) is 2.85. The zero-order chi connectivity index (χ0) is 12.4. The summed E-state index contributed by atoms with van der Waals surface area (Å²) in [6.07, 6.45) is 4.83. The maximum atomic E-state index is 12.3. The Bertz CT molecular complexity index is 284. The summed E-state index contributed by atoms with van der Waals surface area (Å²) in [4.78, 5) is 14.3. The number of rotatable bonds is 2. The number of hydrogen-bond donors (Lipinski definition) is 1. The van der Waals surface area contributed by atoms with Crippen molar-refractivity contribution < 1.29 is 9.53 Å². The van der Waals surface area contributed by atoms with Gasteiger partial charge >= 0.3 is 0 Å². The van der Waals surface area contributed by atoms with Crippen molar-refractivity contribution in [1.82, 2.24) is 4.90 Å². The van der Waals surface area contributed by atoms with Crippen LogP contribution in [0.25, 0.3) is 0 Å². The Morgan fingerprint density at radius 2 is 2.00 bits per heavy atom. The maximum Gasteiger partial charge on any atom is 0.240 e. The minimum atomic E-state index is -0.365. The van der Waals surface area contributed by atoms with Gasteiger partial charge in [0.15, 0.2) is 0 Å². The van der Waals surface area contributed by atoms with Gasteiger partial charge in [-0.2, -0.15) is 0 Å². The summed E-state index contributed by atoms with van der Waals surface area (Å²) in [5.41, 5.74) is 5.98. The summed E-state index contributed by atoms with van der Waals surface area (Å²) in [6.45, 7) is 5.38. The molecule has 2 fully saturated rings. The van der Waals surface area contributed by atoms with Crippen LogP contribution in [0.4, 0.5) is 0 Å². The van der Waals surface area contributed by atoms with E-state index in [2.05, 4.69) is 0 Å². The quantitative estimate of drug-likeness (QED) is 0.833. The molecule has 1 heterocycles. The molecule has 1 aliphatic heterocycles. The smallest absolute Gasteiger partial charge is 0.240 e. The summed E-state index contributed by atoms with van der Waals surface area (Å²) < 4.78 is 5.77. The monoisotopic (exact) mass is 276 g/mol. The van der Waals surface area contributed by atoms with Gasteiger partial charge in [-0.05, 0) is 18.8 Å². The Morgan fingerprint density at radius 1 is 1.33 bits per heavy atom. The highest BCUT2D eigenvalue weighted by molar-refractivity contribution is 5.85. The van der Waals surface area contributed by atoms with E-state index in [1.165, 1.54) is 12.8 Å². The number of fused-ring (bicyclic) bond motifs is 1. The van der Waals surface area contributed by atoms with Crippen LogP contribution in [0.5, 0.6) is 0 Å². The first-order chi connectivity index (χ1) is 8.11. The number of nitrogens with zero attached hydrogens (tertiary/aromatic N) is 1. The third-order valence-electron chi connectivity index (χ3n) is 4.02. The minimum Gasteiger partial charge on any atom is -0.374 e. The molecule has 3 atom stereocenters. The highest BCUT2D eigenvalue weighted by Crippen LogP contribution is 2.29. The molecule has 1 saturated heterocycles. The lowest BCUT2D eigenvalue weighted by molar-refractivity contribution is -0.151. The van der Waals surface area contributed by atoms with Crippen molar-refractivity contribution in [1.29, 1.82) is 0 Å².